The monoisotopic (exact) mass is 440 g/mol. The van der Waals surface area contributed by atoms with E-state index in [0.29, 0.717) is 42.9 Å². The number of fused-ring (bicyclic) bond motifs is 1. The van der Waals surface area contributed by atoms with Crippen LogP contribution in [0, 0.1) is 5.92 Å². The van der Waals surface area contributed by atoms with Crippen LogP contribution in [0.1, 0.15) is 67.2 Å². The van der Waals surface area contributed by atoms with E-state index in [1.807, 2.05) is 25.1 Å². The Kier molecular flexibility index (Phi) is 9.89. The molecule has 0 saturated heterocycles. The van der Waals surface area contributed by atoms with Crippen LogP contribution in [0.4, 0.5) is 5.69 Å². The van der Waals surface area contributed by atoms with Crippen molar-refractivity contribution in [3.63, 3.8) is 0 Å². The molecule has 176 valence electrons. The van der Waals surface area contributed by atoms with Crippen LogP contribution in [-0.2, 0) is 6.54 Å². The van der Waals surface area contributed by atoms with E-state index < -0.39 is 0 Å². The Hall–Kier alpha value is -2.69. The third-order valence-electron chi connectivity index (χ3n) is 5.56. The zero-order valence-electron chi connectivity index (χ0n) is 20.7. The van der Waals surface area contributed by atoms with E-state index in [-0.39, 0.29) is 5.56 Å². The molecule has 0 spiro atoms. The molecule has 2 N–H and O–H groups in total. The highest BCUT2D eigenvalue weighted by molar-refractivity contribution is 5.90. The highest BCUT2D eigenvalue weighted by Crippen LogP contribution is 2.34. The molecular weight excluding hydrogens is 400 g/mol. The quantitative estimate of drug-likeness (QED) is 0.302. The van der Waals surface area contributed by atoms with Crippen molar-refractivity contribution in [2.75, 3.05) is 18.9 Å². The maximum absolute atomic E-state index is 13.3. The van der Waals surface area contributed by atoms with Crippen LogP contribution in [-0.4, -0.2) is 17.8 Å². The van der Waals surface area contributed by atoms with Gasteiger partial charge in [0.25, 0.3) is 5.56 Å². The van der Waals surface area contributed by atoms with Gasteiger partial charge in [-0.15, -0.1) is 0 Å². The summed E-state index contributed by atoms with van der Waals surface area (Å²) >= 11 is 0. The van der Waals surface area contributed by atoms with E-state index in [0.717, 1.165) is 36.6 Å². The molecule has 0 aliphatic carbocycles. The molecule has 1 atom stereocenters. The van der Waals surface area contributed by atoms with E-state index in [1.165, 1.54) is 11.1 Å². The number of pyridine rings is 1. The molecule has 0 bridgehead atoms. The highest BCUT2D eigenvalue weighted by Gasteiger charge is 2.20. The SMILES string of the molecule is CCCC(C)COc1c(OC/C=C(\C)CCC=C(C)C)c2ccc(N)cc2n(CC)c1=O. The summed E-state index contributed by atoms with van der Waals surface area (Å²) in [6.45, 7) is 14.0. The van der Waals surface area contributed by atoms with Crippen molar-refractivity contribution in [1.29, 1.82) is 0 Å². The molecule has 1 heterocycles. The molecule has 1 unspecified atom stereocenters. The van der Waals surface area contributed by atoms with Gasteiger partial charge in [0.15, 0.2) is 5.75 Å². The summed E-state index contributed by atoms with van der Waals surface area (Å²) in [5, 5.41) is 0.842. The van der Waals surface area contributed by atoms with Crippen LogP contribution in [0.5, 0.6) is 11.5 Å². The molecule has 2 aromatic rings. The summed E-state index contributed by atoms with van der Waals surface area (Å²) in [6.07, 6.45) is 8.46. The molecule has 0 aliphatic heterocycles. The van der Waals surface area contributed by atoms with E-state index in [1.54, 1.807) is 4.57 Å². The van der Waals surface area contributed by atoms with Crippen molar-refractivity contribution in [3.05, 3.63) is 51.9 Å². The van der Waals surface area contributed by atoms with Gasteiger partial charge in [0.05, 0.1) is 12.1 Å². The van der Waals surface area contributed by atoms with Gasteiger partial charge in [-0.05, 0) is 77.2 Å². The van der Waals surface area contributed by atoms with Crippen molar-refractivity contribution < 1.29 is 9.47 Å². The van der Waals surface area contributed by atoms with Crippen LogP contribution in [0.15, 0.2) is 46.3 Å². The molecule has 5 nitrogen and oxygen atoms in total. The molecule has 32 heavy (non-hydrogen) atoms. The van der Waals surface area contributed by atoms with Crippen LogP contribution in [0.25, 0.3) is 10.9 Å². The third-order valence-corrected chi connectivity index (χ3v) is 5.56. The van der Waals surface area contributed by atoms with Gasteiger partial charge in [-0.1, -0.05) is 37.5 Å². The molecule has 0 aliphatic rings. The largest absolute Gasteiger partial charge is 0.485 e. The number of benzene rings is 1. The molecule has 2 rings (SSSR count). The summed E-state index contributed by atoms with van der Waals surface area (Å²) in [7, 11) is 0. The maximum atomic E-state index is 13.3. The molecule has 0 radical (unpaired) electrons. The number of ether oxygens (including phenoxy) is 2. The van der Waals surface area contributed by atoms with E-state index >= 15 is 0 Å². The first-order chi connectivity index (χ1) is 15.3. The second-order valence-electron chi connectivity index (χ2n) is 8.87. The zero-order chi connectivity index (χ0) is 23.7. The van der Waals surface area contributed by atoms with Gasteiger partial charge in [-0.25, -0.2) is 0 Å². The molecule has 0 saturated carbocycles. The Labute approximate surface area is 192 Å². The summed E-state index contributed by atoms with van der Waals surface area (Å²) in [5.74, 6) is 1.16. The predicted octanol–water partition coefficient (Wildman–Crippen LogP) is 6.49. The summed E-state index contributed by atoms with van der Waals surface area (Å²) in [5.41, 5.74) is 9.83. The van der Waals surface area contributed by atoms with Crippen molar-refractivity contribution in [3.8, 4) is 11.5 Å². The number of hydrogen-bond acceptors (Lipinski definition) is 4. The topological polar surface area (TPSA) is 66.5 Å². The van der Waals surface area contributed by atoms with Crippen molar-refractivity contribution in [2.45, 2.75) is 73.8 Å². The minimum Gasteiger partial charge on any atom is -0.485 e. The lowest BCUT2D eigenvalue weighted by molar-refractivity contribution is 0.233. The van der Waals surface area contributed by atoms with Gasteiger partial charge in [0.2, 0.25) is 5.75 Å². The van der Waals surface area contributed by atoms with Crippen LogP contribution < -0.4 is 20.8 Å². The molecule has 0 fully saturated rings. The van der Waals surface area contributed by atoms with Gasteiger partial charge in [0.1, 0.15) is 6.61 Å². The Morgan fingerprint density at radius 3 is 2.53 bits per heavy atom. The second kappa shape index (κ2) is 12.4. The normalized spacial score (nSPS) is 12.6. The number of hydrogen-bond donors (Lipinski definition) is 1. The number of nitrogens with zero attached hydrogens (tertiary/aromatic N) is 1. The number of aromatic nitrogens is 1. The average molecular weight is 441 g/mol. The number of rotatable bonds is 12. The van der Waals surface area contributed by atoms with Crippen molar-refractivity contribution in [2.24, 2.45) is 5.92 Å². The standard InChI is InChI=1S/C27H40N2O3/c1-7-10-21(6)18-32-26-25(31-16-15-20(5)12-9-11-19(3)4)23-14-13-22(28)17-24(23)29(8-2)27(26)30/h11,13-15,17,21H,7-10,12,16,18,28H2,1-6H3/b20-15+. The van der Waals surface area contributed by atoms with Crippen molar-refractivity contribution in [1.82, 2.24) is 4.57 Å². The molecule has 1 aromatic heterocycles. The Morgan fingerprint density at radius 2 is 1.88 bits per heavy atom. The van der Waals surface area contributed by atoms with E-state index in [4.69, 9.17) is 15.2 Å². The number of aryl methyl sites for hydroxylation is 1. The summed E-state index contributed by atoms with van der Waals surface area (Å²) in [4.78, 5) is 13.3. The predicted molar refractivity (Wildman–Crippen MR) is 136 cm³/mol. The van der Waals surface area contributed by atoms with Crippen molar-refractivity contribution >= 4 is 16.6 Å². The minimum atomic E-state index is -0.173. The Bertz CT molecular complexity index is 1010. The molecule has 0 amide bonds. The lowest BCUT2D eigenvalue weighted by Crippen LogP contribution is -2.24. The second-order valence-corrected chi connectivity index (χ2v) is 8.87. The maximum Gasteiger partial charge on any atom is 0.297 e. The van der Waals surface area contributed by atoms with Crippen LogP contribution in [0.2, 0.25) is 0 Å². The molecule has 5 heteroatoms. The lowest BCUT2D eigenvalue weighted by Gasteiger charge is -2.19. The van der Waals surface area contributed by atoms with E-state index in [9.17, 15) is 4.79 Å². The minimum absolute atomic E-state index is 0.173. The Balaban J connectivity index is 2.40. The first kappa shape index (κ1) is 25.6. The fourth-order valence-corrected chi connectivity index (χ4v) is 3.76. The zero-order valence-corrected chi connectivity index (χ0v) is 20.7. The number of allylic oxidation sites excluding steroid dienone is 3. The number of nitrogens with two attached hydrogens (primary N) is 1. The smallest absolute Gasteiger partial charge is 0.297 e. The van der Waals surface area contributed by atoms with Gasteiger partial charge in [-0.3, -0.25) is 4.79 Å². The Morgan fingerprint density at radius 1 is 1.12 bits per heavy atom. The highest BCUT2D eigenvalue weighted by atomic mass is 16.5. The van der Waals surface area contributed by atoms with E-state index in [2.05, 4.69) is 46.8 Å². The number of anilines is 1. The fourth-order valence-electron chi connectivity index (χ4n) is 3.76. The fraction of sp³-hybridized carbons (Fsp3) is 0.519. The van der Waals surface area contributed by atoms with Gasteiger partial charge < -0.3 is 19.8 Å². The van der Waals surface area contributed by atoms with Crippen LogP contribution in [0.3, 0.4) is 0 Å². The van der Waals surface area contributed by atoms with Gasteiger partial charge in [-0.2, -0.15) is 0 Å². The van der Waals surface area contributed by atoms with Crippen LogP contribution >= 0.6 is 0 Å². The first-order valence-electron chi connectivity index (χ1n) is 11.8. The van der Waals surface area contributed by atoms with Gasteiger partial charge in [0, 0.05) is 17.6 Å². The lowest BCUT2D eigenvalue weighted by atomic mass is 10.1. The molecular formula is C27H40N2O3. The summed E-state index contributed by atoms with van der Waals surface area (Å²) in [6, 6.07) is 5.58. The first-order valence-corrected chi connectivity index (χ1v) is 11.8. The van der Waals surface area contributed by atoms with Gasteiger partial charge >= 0.3 is 0 Å². The third kappa shape index (κ3) is 6.91. The average Bonchev–Trinajstić information content (AvgIpc) is 2.73. The summed E-state index contributed by atoms with van der Waals surface area (Å²) < 4.78 is 14.0. The molecule has 1 aromatic carbocycles. The number of nitrogen functional groups attached to an aromatic ring is 1.